The molecule has 0 radical (unpaired) electrons. The van der Waals surface area contributed by atoms with E-state index in [0.29, 0.717) is 6.42 Å². The van der Waals surface area contributed by atoms with Crippen LogP contribution in [-0.4, -0.2) is 55.7 Å². The number of rotatable bonds is 13. The number of carbonyl (C=O) groups is 1. The molecular formula is C14H32NNaO6S. The summed E-state index contributed by atoms with van der Waals surface area (Å²) in [6, 6.07) is 0. The average molecular weight is 365 g/mol. The maximum absolute atomic E-state index is 10.6. The fourth-order valence-corrected chi connectivity index (χ4v) is 2.14. The third-order valence-electron chi connectivity index (χ3n) is 2.82. The number of hydrogen-bond acceptors (Lipinski definition) is 6. The zero-order valence-corrected chi connectivity index (χ0v) is 14.6. The third kappa shape index (κ3) is 30.7. The molecule has 0 aromatic carbocycles. The van der Waals surface area contributed by atoms with Gasteiger partial charge in [-0.15, -0.1) is 0 Å². The Kier molecular flexibility index (Phi) is 24.9. The van der Waals surface area contributed by atoms with Crippen molar-refractivity contribution in [2.45, 2.75) is 78.1 Å². The van der Waals surface area contributed by atoms with Crippen molar-refractivity contribution in [1.29, 1.82) is 0 Å². The van der Waals surface area contributed by atoms with Crippen LogP contribution >= 0.6 is 0 Å². The summed E-state index contributed by atoms with van der Waals surface area (Å²) >= 11 is 0. The third-order valence-corrected chi connectivity index (χ3v) is 3.45. The zero-order valence-electron chi connectivity index (χ0n) is 13.8. The molecule has 0 saturated heterocycles. The Hall–Kier alpha value is 0.300. The summed E-state index contributed by atoms with van der Waals surface area (Å²) in [5, 5.41) is 7.94. The normalized spacial score (nSPS) is 10.4. The van der Waals surface area contributed by atoms with E-state index >= 15 is 0 Å². The molecule has 0 atom stereocenters. The van der Waals surface area contributed by atoms with E-state index in [2.05, 4.69) is 21.2 Å². The van der Waals surface area contributed by atoms with E-state index in [9.17, 15) is 13.2 Å². The molecule has 0 rings (SSSR count). The first-order valence-corrected chi connectivity index (χ1v) is 9.17. The van der Waals surface area contributed by atoms with Crippen LogP contribution in [0.1, 0.15) is 78.1 Å². The molecule has 0 unspecified atom stereocenters. The van der Waals surface area contributed by atoms with E-state index in [1.54, 1.807) is 0 Å². The van der Waals surface area contributed by atoms with Crippen molar-refractivity contribution < 1.29 is 27.0 Å². The van der Waals surface area contributed by atoms with Crippen LogP contribution < -0.4 is 5.73 Å². The molecule has 0 spiro atoms. The first kappa shape index (κ1) is 28.1. The summed E-state index contributed by atoms with van der Waals surface area (Å²) in [5.41, 5.74) is 4.47. The summed E-state index contributed by atoms with van der Waals surface area (Å²) < 4.78 is 28.7. The molecule has 0 bridgehead atoms. The monoisotopic (exact) mass is 365 g/mol. The summed E-state index contributed by atoms with van der Waals surface area (Å²) in [6.45, 7) is 3.59. The van der Waals surface area contributed by atoms with Gasteiger partial charge in [0.05, 0.1) is 6.61 Å². The Morgan fingerprint density at radius 2 is 1.30 bits per heavy atom. The van der Waals surface area contributed by atoms with Gasteiger partial charge < -0.3 is 5.73 Å². The molecule has 0 aliphatic heterocycles. The van der Waals surface area contributed by atoms with Crippen molar-refractivity contribution in [2.75, 3.05) is 6.61 Å². The van der Waals surface area contributed by atoms with Crippen molar-refractivity contribution in [1.82, 2.24) is 0 Å². The van der Waals surface area contributed by atoms with E-state index in [1.807, 2.05) is 0 Å². The maximum atomic E-state index is 10.6. The molecule has 7 nitrogen and oxygen atoms in total. The average Bonchev–Trinajstić information content (AvgIpc) is 2.44. The Bertz CT molecular complexity index is 347. The van der Waals surface area contributed by atoms with Crippen molar-refractivity contribution in [3.63, 3.8) is 0 Å². The fraction of sp³-hybridized carbons (Fsp3) is 0.929. The fourth-order valence-electron chi connectivity index (χ4n) is 1.77. The number of nitrogens with two attached hydrogens (primary N) is 1. The number of hydrogen-bond donors (Lipinski definition) is 2. The van der Waals surface area contributed by atoms with Crippen LogP contribution in [0.15, 0.2) is 0 Å². The van der Waals surface area contributed by atoms with Gasteiger partial charge in [-0.3, -0.25) is 4.79 Å². The van der Waals surface area contributed by atoms with Crippen LogP contribution in [0.3, 0.4) is 0 Å². The van der Waals surface area contributed by atoms with Gasteiger partial charge in [0.25, 0.3) is 0 Å². The number of primary amides is 1. The molecule has 3 N–H and O–H groups in total. The van der Waals surface area contributed by atoms with Gasteiger partial charge in [0.15, 0.2) is 0 Å². The Labute approximate surface area is 162 Å². The van der Waals surface area contributed by atoms with E-state index in [1.165, 1.54) is 51.9 Å². The molecule has 0 aromatic heterocycles. The molecule has 9 heteroatoms. The summed E-state index contributed by atoms with van der Waals surface area (Å²) in [5.74, 6) is -0.333. The number of amides is 1. The predicted octanol–water partition coefficient (Wildman–Crippen LogP) is 2.50. The molecule has 0 aromatic rings. The van der Waals surface area contributed by atoms with Gasteiger partial charge >= 0.3 is 40.0 Å². The second kappa shape index (κ2) is 20.3. The Balaban J connectivity index is -0.000000712. The van der Waals surface area contributed by atoms with Crippen molar-refractivity contribution in [2.24, 2.45) is 5.73 Å². The van der Waals surface area contributed by atoms with E-state index < -0.39 is 10.4 Å². The van der Waals surface area contributed by atoms with Gasteiger partial charge in [-0.1, -0.05) is 69.0 Å². The SMILES string of the molecule is CC(N)=O.CCCCCCCCCCCCOS(=O)(=O)OO.[NaH]. The summed E-state index contributed by atoms with van der Waals surface area (Å²) in [6.07, 6.45) is 11.7. The molecule has 0 aliphatic rings. The van der Waals surface area contributed by atoms with Crippen molar-refractivity contribution >= 4 is 45.9 Å². The predicted molar refractivity (Wildman–Crippen MR) is 92.4 cm³/mol. The zero-order chi connectivity index (χ0) is 17.3. The van der Waals surface area contributed by atoms with Crippen LogP contribution in [0.4, 0.5) is 0 Å². The van der Waals surface area contributed by atoms with Crippen LogP contribution in [0.5, 0.6) is 0 Å². The van der Waals surface area contributed by atoms with Crippen molar-refractivity contribution in [3.8, 4) is 0 Å². The first-order valence-electron chi connectivity index (χ1n) is 7.84. The van der Waals surface area contributed by atoms with E-state index in [0.717, 1.165) is 12.8 Å². The summed E-state index contributed by atoms with van der Waals surface area (Å²) in [4.78, 5) is 9.22. The van der Waals surface area contributed by atoms with Crippen LogP contribution in [0, 0.1) is 0 Å². The molecule has 0 fully saturated rings. The molecule has 0 saturated carbocycles. The molecule has 1 amide bonds. The Morgan fingerprint density at radius 3 is 1.65 bits per heavy atom. The minimum absolute atomic E-state index is 0. The van der Waals surface area contributed by atoms with Gasteiger partial charge in [0.1, 0.15) is 0 Å². The molecule has 0 aliphatic carbocycles. The quantitative estimate of drug-likeness (QED) is 0.224. The first-order chi connectivity index (χ1) is 10.4. The molecular weight excluding hydrogens is 333 g/mol. The van der Waals surface area contributed by atoms with Gasteiger partial charge in [0, 0.05) is 6.92 Å². The summed E-state index contributed by atoms with van der Waals surface area (Å²) in [7, 11) is -4.17. The second-order valence-corrected chi connectivity index (χ2v) is 6.30. The topological polar surface area (TPSA) is 116 Å². The van der Waals surface area contributed by atoms with E-state index in [4.69, 9.17) is 5.26 Å². The minimum atomic E-state index is -4.17. The molecule has 0 heterocycles. The molecule has 23 heavy (non-hydrogen) atoms. The van der Waals surface area contributed by atoms with Gasteiger partial charge in [-0.05, 0) is 6.42 Å². The van der Waals surface area contributed by atoms with Crippen molar-refractivity contribution in [3.05, 3.63) is 0 Å². The van der Waals surface area contributed by atoms with Gasteiger partial charge in [0.2, 0.25) is 5.91 Å². The second-order valence-electron chi connectivity index (χ2n) is 5.10. The molecule has 136 valence electrons. The van der Waals surface area contributed by atoms with Crippen LogP contribution in [-0.2, 0) is 23.7 Å². The van der Waals surface area contributed by atoms with Crippen LogP contribution in [0.25, 0.3) is 0 Å². The standard InChI is InChI=1S/C12H26O5S.C2H5NO.Na.H/c1-2-3-4-5-6-7-8-9-10-11-12-16-18(14,15)17-13;1-2(3)4;;/h13H,2-12H2,1H3;1H3,(H2,3,4);;. The number of carbonyl (C=O) groups excluding carboxylic acids is 1. The van der Waals surface area contributed by atoms with Gasteiger partial charge in [-0.25, -0.2) is 9.44 Å². The van der Waals surface area contributed by atoms with Crippen LogP contribution in [0.2, 0.25) is 0 Å². The Morgan fingerprint density at radius 1 is 0.957 bits per heavy atom. The van der Waals surface area contributed by atoms with Gasteiger partial charge in [-0.2, -0.15) is 8.42 Å². The van der Waals surface area contributed by atoms with E-state index in [-0.39, 0.29) is 42.1 Å². The number of unbranched alkanes of at least 4 members (excludes halogenated alkanes) is 9.